The Bertz CT molecular complexity index is 482. The van der Waals surface area contributed by atoms with Crippen LogP contribution < -0.4 is 5.32 Å². The van der Waals surface area contributed by atoms with Gasteiger partial charge in [0, 0.05) is 18.8 Å². The maximum atomic E-state index is 12.7. The lowest BCUT2D eigenvalue weighted by atomic mass is 10.0. The van der Waals surface area contributed by atoms with Gasteiger partial charge >= 0.3 is 0 Å². The molecule has 0 radical (unpaired) electrons. The van der Waals surface area contributed by atoms with E-state index in [1.54, 1.807) is 0 Å². The highest BCUT2D eigenvalue weighted by Gasteiger charge is 2.32. The van der Waals surface area contributed by atoms with Crippen molar-refractivity contribution in [2.75, 3.05) is 18.4 Å². The summed E-state index contributed by atoms with van der Waals surface area (Å²) in [4.78, 5) is 14.6. The lowest BCUT2D eigenvalue weighted by molar-refractivity contribution is -0.135. The molecule has 0 aliphatic carbocycles. The minimum absolute atomic E-state index is 0.0946. The van der Waals surface area contributed by atoms with Gasteiger partial charge in [0.05, 0.1) is 6.10 Å². The number of likely N-dealkylation sites (tertiary alicyclic amines) is 1. The first-order valence-electron chi connectivity index (χ1n) is 7.71. The van der Waals surface area contributed by atoms with Crippen molar-refractivity contribution in [1.82, 2.24) is 4.90 Å². The molecule has 0 bridgehead atoms. The molecule has 116 valence electrons. The summed E-state index contributed by atoms with van der Waals surface area (Å²) >= 11 is 0. The summed E-state index contributed by atoms with van der Waals surface area (Å²) in [5.74, 6) is 0.0946. The Morgan fingerprint density at radius 1 is 1.24 bits per heavy atom. The summed E-state index contributed by atoms with van der Waals surface area (Å²) in [7, 11) is 0. The first-order chi connectivity index (χ1) is 9.88. The van der Waals surface area contributed by atoms with Gasteiger partial charge in [0.2, 0.25) is 5.91 Å². The number of anilines is 1. The predicted octanol–water partition coefficient (Wildman–Crippen LogP) is 2.56. The number of aryl methyl sites for hydroxylation is 1. The van der Waals surface area contributed by atoms with E-state index in [1.807, 2.05) is 49.9 Å². The van der Waals surface area contributed by atoms with E-state index in [4.69, 9.17) is 0 Å². The van der Waals surface area contributed by atoms with Crippen LogP contribution in [-0.4, -0.2) is 40.6 Å². The van der Waals surface area contributed by atoms with E-state index in [-0.39, 0.29) is 12.0 Å². The zero-order valence-electron chi connectivity index (χ0n) is 13.2. The van der Waals surface area contributed by atoms with Crippen LogP contribution in [-0.2, 0) is 4.79 Å². The highest BCUT2D eigenvalue weighted by Crippen LogP contribution is 2.20. The first-order valence-corrected chi connectivity index (χ1v) is 7.71. The Kier molecular flexibility index (Phi) is 4.88. The van der Waals surface area contributed by atoms with Gasteiger partial charge in [-0.3, -0.25) is 4.79 Å². The highest BCUT2D eigenvalue weighted by atomic mass is 16.3. The molecule has 1 heterocycles. The maximum absolute atomic E-state index is 12.7. The predicted molar refractivity (Wildman–Crippen MR) is 85.3 cm³/mol. The number of benzene rings is 1. The molecule has 1 aromatic carbocycles. The topological polar surface area (TPSA) is 52.6 Å². The fraction of sp³-hybridized carbons (Fsp3) is 0.588. The quantitative estimate of drug-likeness (QED) is 0.899. The van der Waals surface area contributed by atoms with Gasteiger partial charge < -0.3 is 15.3 Å². The maximum Gasteiger partial charge on any atom is 0.247 e. The van der Waals surface area contributed by atoms with Gasteiger partial charge in [-0.25, -0.2) is 0 Å². The van der Waals surface area contributed by atoms with Crippen molar-refractivity contribution < 1.29 is 9.90 Å². The molecular weight excluding hydrogens is 264 g/mol. The summed E-state index contributed by atoms with van der Waals surface area (Å²) in [6, 6.07) is 8.06. The Morgan fingerprint density at radius 3 is 2.57 bits per heavy atom. The third-order valence-electron chi connectivity index (χ3n) is 4.03. The molecule has 0 spiro atoms. The van der Waals surface area contributed by atoms with Crippen LogP contribution in [0.15, 0.2) is 24.3 Å². The number of amides is 1. The molecule has 1 fully saturated rings. The van der Waals surface area contributed by atoms with Gasteiger partial charge in [0.25, 0.3) is 0 Å². The minimum Gasteiger partial charge on any atom is -0.393 e. The van der Waals surface area contributed by atoms with E-state index in [0.717, 1.165) is 25.1 Å². The monoisotopic (exact) mass is 290 g/mol. The fourth-order valence-corrected chi connectivity index (χ4v) is 2.73. The number of rotatable bonds is 3. The van der Waals surface area contributed by atoms with Gasteiger partial charge in [0.15, 0.2) is 0 Å². The molecule has 0 unspecified atom stereocenters. The summed E-state index contributed by atoms with van der Waals surface area (Å²) in [5, 5.41) is 13.0. The zero-order chi connectivity index (χ0) is 15.5. The van der Waals surface area contributed by atoms with Gasteiger partial charge in [-0.1, -0.05) is 17.7 Å². The molecule has 0 aromatic heterocycles. The molecule has 1 aromatic rings. The SMILES string of the molecule is Cc1ccc(NC(C)(C)C(=O)N2CCC[C@H](O)CC2)cc1. The number of nitrogens with zero attached hydrogens (tertiary/aromatic N) is 1. The molecule has 1 amide bonds. The van der Waals surface area contributed by atoms with Gasteiger partial charge in [-0.05, 0) is 52.2 Å². The van der Waals surface area contributed by atoms with Crippen molar-refractivity contribution >= 4 is 11.6 Å². The minimum atomic E-state index is -0.648. The lowest BCUT2D eigenvalue weighted by Gasteiger charge is -2.32. The van der Waals surface area contributed by atoms with E-state index in [9.17, 15) is 9.90 Å². The van der Waals surface area contributed by atoms with E-state index < -0.39 is 5.54 Å². The second-order valence-electron chi connectivity index (χ2n) is 6.49. The van der Waals surface area contributed by atoms with E-state index in [0.29, 0.717) is 13.0 Å². The largest absolute Gasteiger partial charge is 0.393 e. The van der Waals surface area contributed by atoms with Crippen molar-refractivity contribution in [3.05, 3.63) is 29.8 Å². The number of hydrogen-bond donors (Lipinski definition) is 2. The van der Waals surface area contributed by atoms with Crippen molar-refractivity contribution in [3.63, 3.8) is 0 Å². The van der Waals surface area contributed by atoms with Crippen LogP contribution in [0.4, 0.5) is 5.69 Å². The van der Waals surface area contributed by atoms with Crippen LogP contribution in [0.3, 0.4) is 0 Å². The molecule has 1 atom stereocenters. The number of carbonyl (C=O) groups is 1. The molecule has 1 aliphatic rings. The van der Waals surface area contributed by atoms with Gasteiger partial charge in [0.1, 0.15) is 5.54 Å². The van der Waals surface area contributed by atoms with E-state index in [1.165, 1.54) is 5.56 Å². The van der Waals surface area contributed by atoms with Gasteiger partial charge in [-0.15, -0.1) is 0 Å². The van der Waals surface area contributed by atoms with Gasteiger partial charge in [-0.2, -0.15) is 0 Å². The average Bonchev–Trinajstić information content (AvgIpc) is 2.65. The Labute approximate surface area is 127 Å². The van der Waals surface area contributed by atoms with Crippen LogP contribution in [0.2, 0.25) is 0 Å². The Hall–Kier alpha value is -1.55. The van der Waals surface area contributed by atoms with Crippen molar-refractivity contribution in [3.8, 4) is 0 Å². The summed E-state index contributed by atoms with van der Waals surface area (Å²) in [6.45, 7) is 7.24. The number of nitrogens with one attached hydrogen (secondary N) is 1. The van der Waals surface area contributed by atoms with Crippen LogP contribution in [0, 0.1) is 6.92 Å². The summed E-state index contributed by atoms with van der Waals surface area (Å²) < 4.78 is 0. The van der Waals surface area contributed by atoms with Crippen LogP contribution in [0.25, 0.3) is 0 Å². The summed E-state index contributed by atoms with van der Waals surface area (Å²) in [5.41, 5.74) is 1.50. The number of aliphatic hydroxyl groups excluding tert-OH is 1. The normalized spacial score (nSPS) is 20.0. The van der Waals surface area contributed by atoms with Crippen molar-refractivity contribution in [2.45, 2.75) is 51.7 Å². The second kappa shape index (κ2) is 6.48. The van der Waals surface area contributed by atoms with Crippen LogP contribution in [0.5, 0.6) is 0 Å². The fourth-order valence-electron chi connectivity index (χ4n) is 2.73. The first kappa shape index (κ1) is 15.8. The molecule has 4 nitrogen and oxygen atoms in total. The standard InChI is InChI=1S/C17H26N2O2/c1-13-6-8-14(9-7-13)18-17(2,3)16(21)19-11-4-5-15(20)10-12-19/h6-9,15,18,20H,4-5,10-12H2,1-3H3/t15-/m0/s1. The zero-order valence-corrected chi connectivity index (χ0v) is 13.2. The second-order valence-corrected chi connectivity index (χ2v) is 6.49. The smallest absolute Gasteiger partial charge is 0.247 e. The molecule has 21 heavy (non-hydrogen) atoms. The highest BCUT2D eigenvalue weighted by molar-refractivity contribution is 5.88. The molecule has 2 rings (SSSR count). The molecular formula is C17H26N2O2. The Balaban J connectivity index is 2.03. The Morgan fingerprint density at radius 2 is 1.90 bits per heavy atom. The van der Waals surface area contributed by atoms with E-state index in [2.05, 4.69) is 5.32 Å². The molecule has 1 aliphatic heterocycles. The van der Waals surface area contributed by atoms with Crippen LogP contribution in [0.1, 0.15) is 38.7 Å². The molecule has 4 heteroatoms. The number of aliphatic hydroxyl groups is 1. The average molecular weight is 290 g/mol. The molecule has 1 saturated heterocycles. The molecule has 0 saturated carbocycles. The molecule has 2 N–H and O–H groups in total. The number of hydrogen-bond acceptors (Lipinski definition) is 3. The number of carbonyl (C=O) groups excluding carboxylic acids is 1. The third kappa shape index (κ3) is 4.21. The van der Waals surface area contributed by atoms with Crippen molar-refractivity contribution in [1.29, 1.82) is 0 Å². The summed E-state index contributed by atoms with van der Waals surface area (Å²) in [6.07, 6.45) is 2.06. The lowest BCUT2D eigenvalue weighted by Crippen LogP contribution is -2.50. The third-order valence-corrected chi connectivity index (χ3v) is 4.03. The van der Waals surface area contributed by atoms with Crippen LogP contribution >= 0.6 is 0 Å². The van der Waals surface area contributed by atoms with Crippen molar-refractivity contribution in [2.24, 2.45) is 0 Å². The van der Waals surface area contributed by atoms with E-state index >= 15 is 0 Å².